The zero-order valence-corrected chi connectivity index (χ0v) is 20.9. The number of benzene rings is 1. The smallest absolute Gasteiger partial charge is 0.227 e. The van der Waals surface area contributed by atoms with Gasteiger partial charge in [0, 0.05) is 54.3 Å². The number of ether oxygens (including phenoxy) is 2. The van der Waals surface area contributed by atoms with Crippen molar-refractivity contribution in [1.82, 2.24) is 19.9 Å². The van der Waals surface area contributed by atoms with Gasteiger partial charge in [0.2, 0.25) is 5.95 Å². The fourth-order valence-electron chi connectivity index (χ4n) is 4.92. The molecule has 5 rings (SSSR count). The van der Waals surface area contributed by atoms with Crippen LogP contribution in [-0.4, -0.2) is 64.9 Å². The fraction of sp³-hybridized carbons (Fsp3) is 0.444. The Bertz CT molecular complexity index is 1250. The van der Waals surface area contributed by atoms with Gasteiger partial charge < -0.3 is 24.8 Å². The standard InChI is InChI=1S/C27H32FN5O3/c1-27(16-34)8-4-22-19(27)12-17(15-30-22)21-5-9-29-26(31-21)32-23-13-20(28)24(14-25(23)35-3)36-18-6-10-33(2)11-7-18/h5,9,12-15,18,34H,4,6-8,10-11,16H2,1-3H3,(H,29,31,32). The molecule has 1 saturated heterocycles. The molecule has 0 radical (unpaired) electrons. The molecule has 8 nitrogen and oxygen atoms in total. The van der Waals surface area contributed by atoms with Gasteiger partial charge in [0.15, 0.2) is 11.6 Å². The summed E-state index contributed by atoms with van der Waals surface area (Å²) in [6.07, 6.45) is 6.85. The highest BCUT2D eigenvalue weighted by molar-refractivity contribution is 5.67. The van der Waals surface area contributed by atoms with Gasteiger partial charge in [0.05, 0.1) is 25.1 Å². The van der Waals surface area contributed by atoms with E-state index in [1.807, 2.05) is 6.07 Å². The summed E-state index contributed by atoms with van der Waals surface area (Å²) in [6, 6.07) is 6.77. The third-order valence-electron chi connectivity index (χ3n) is 7.29. The van der Waals surface area contributed by atoms with Crippen molar-refractivity contribution in [3.05, 3.63) is 53.7 Å². The first-order valence-electron chi connectivity index (χ1n) is 12.3. The number of nitrogens with one attached hydrogen (secondary N) is 1. The molecular weight excluding hydrogens is 461 g/mol. The Morgan fingerprint density at radius 2 is 2.00 bits per heavy atom. The van der Waals surface area contributed by atoms with E-state index in [0.717, 1.165) is 55.6 Å². The lowest BCUT2D eigenvalue weighted by molar-refractivity contribution is 0.110. The summed E-state index contributed by atoms with van der Waals surface area (Å²) >= 11 is 0. The average Bonchev–Trinajstić information content (AvgIpc) is 3.23. The van der Waals surface area contributed by atoms with Gasteiger partial charge in [0.25, 0.3) is 0 Å². The molecule has 1 aromatic carbocycles. The maximum atomic E-state index is 15.0. The number of aryl methyl sites for hydroxylation is 1. The number of aliphatic hydroxyl groups excluding tert-OH is 1. The number of fused-ring (bicyclic) bond motifs is 1. The predicted molar refractivity (Wildman–Crippen MR) is 135 cm³/mol. The molecule has 0 amide bonds. The number of methoxy groups -OCH3 is 1. The molecule has 1 aliphatic carbocycles. The Hall–Kier alpha value is -3.30. The van der Waals surface area contributed by atoms with E-state index < -0.39 is 5.82 Å². The molecule has 2 aromatic heterocycles. The van der Waals surface area contributed by atoms with Gasteiger partial charge in [-0.3, -0.25) is 4.98 Å². The van der Waals surface area contributed by atoms with Crippen LogP contribution in [0.5, 0.6) is 11.5 Å². The first-order valence-corrected chi connectivity index (χ1v) is 12.3. The quantitative estimate of drug-likeness (QED) is 0.508. The number of rotatable bonds is 7. The van der Waals surface area contributed by atoms with Crippen LogP contribution >= 0.6 is 0 Å². The molecular formula is C27H32FN5O3. The van der Waals surface area contributed by atoms with E-state index in [0.29, 0.717) is 23.1 Å². The molecule has 0 bridgehead atoms. The minimum atomic E-state index is -0.473. The summed E-state index contributed by atoms with van der Waals surface area (Å²) in [5.41, 5.74) is 3.69. The highest BCUT2D eigenvalue weighted by Crippen LogP contribution is 2.39. The molecule has 3 heterocycles. The number of nitrogens with zero attached hydrogens (tertiary/aromatic N) is 4. The number of likely N-dealkylation sites (tertiary alicyclic amines) is 1. The summed E-state index contributed by atoms with van der Waals surface area (Å²) in [7, 11) is 3.60. The highest BCUT2D eigenvalue weighted by atomic mass is 19.1. The Morgan fingerprint density at radius 1 is 1.19 bits per heavy atom. The normalized spacial score (nSPS) is 20.2. The lowest BCUT2D eigenvalue weighted by atomic mass is 9.85. The van der Waals surface area contributed by atoms with Gasteiger partial charge in [0.1, 0.15) is 11.9 Å². The van der Waals surface area contributed by atoms with Crippen molar-refractivity contribution >= 4 is 11.6 Å². The Balaban J connectivity index is 1.37. The van der Waals surface area contributed by atoms with Crippen LogP contribution in [0.25, 0.3) is 11.3 Å². The highest BCUT2D eigenvalue weighted by Gasteiger charge is 2.35. The van der Waals surface area contributed by atoms with E-state index in [1.54, 1.807) is 24.5 Å². The van der Waals surface area contributed by atoms with Crippen molar-refractivity contribution < 1.29 is 19.0 Å². The SMILES string of the molecule is COc1cc(OC2CCN(C)CC2)c(F)cc1Nc1nccc(-c2cnc3c(c2)C(C)(CO)CC3)n1. The second kappa shape index (κ2) is 9.99. The molecule has 1 atom stereocenters. The molecule has 3 aromatic rings. The van der Waals surface area contributed by atoms with Gasteiger partial charge >= 0.3 is 0 Å². The zero-order chi connectivity index (χ0) is 25.3. The summed E-state index contributed by atoms with van der Waals surface area (Å²) in [5, 5.41) is 13.0. The Kier molecular flexibility index (Phi) is 6.77. The van der Waals surface area contributed by atoms with Crippen LogP contribution in [0.4, 0.5) is 16.0 Å². The molecule has 2 aliphatic rings. The number of pyridine rings is 1. The first-order chi connectivity index (χ1) is 17.4. The van der Waals surface area contributed by atoms with E-state index in [-0.39, 0.29) is 23.9 Å². The lowest BCUT2D eigenvalue weighted by Gasteiger charge is -2.29. The fourth-order valence-corrected chi connectivity index (χ4v) is 4.92. The molecule has 1 aliphatic heterocycles. The Morgan fingerprint density at radius 3 is 2.75 bits per heavy atom. The lowest BCUT2D eigenvalue weighted by Crippen LogP contribution is -2.35. The van der Waals surface area contributed by atoms with Crippen LogP contribution in [-0.2, 0) is 11.8 Å². The molecule has 9 heteroatoms. The number of piperidine rings is 1. The number of aliphatic hydroxyl groups is 1. The molecule has 0 spiro atoms. The van der Waals surface area contributed by atoms with Crippen molar-refractivity contribution in [2.24, 2.45) is 0 Å². The average molecular weight is 494 g/mol. The van der Waals surface area contributed by atoms with Crippen LogP contribution < -0.4 is 14.8 Å². The van der Waals surface area contributed by atoms with Crippen LogP contribution in [0, 0.1) is 5.82 Å². The van der Waals surface area contributed by atoms with Crippen molar-refractivity contribution in [3.63, 3.8) is 0 Å². The first kappa shape index (κ1) is 24.4. The number of aromatic nitrogens is 3. The van der Waals surface area contributed by atoms with Gasteiger partial charge in [-0.05, 0) is 50.4 Å². The van der Waals surface area contributed by atoms with Crippen molar-refractivity contribution in [2.45, 2.75) is 44.1 Å². The molecule has 36 heavy (non-hydrogen) atoms. The number of halogens is 1. The number of hydrogen-bond acceptors (Lipinski definition) is 8. The van der Waals surface area contributed by atoms with E-state index in [9.17, 15) is 9.50 Å². The van der Waals surface area contributed by atoms with Crippen LogP contribution in [0.1, 0.15) is 37.4 Å². The second-order valence-electron chi connectivity index (χ2n) is 9.93. The van der Waals surface area contributed by atoms with Gasteiger partial charge in [-0.15, -0.1) is 0 Å². The molecule has 1 fully saturated rings. The van der Waals surface area contributed by atoms with Crippen molar-refractivity contribution in [3.8, 4) is 22.8 Å². The minimum Gasteiger partial charge on any atom is -0.494 e. The minimum absolute atomic E-state index is 0.0205. The predicted octanol–water partition coefficient (Wildman–Crippen LogP) is 4.10. The van der Waals surface area contributed by atoms with E-state index in [2.05, 4.69) is 39.1 Å². The van der Waals surface area contributed by atoms with E-state index in [1.165, 1.54) is 13.2 Å². The van der Waals surface area contributed by atoms with E-state index >= 15 is 0 Å². The maximum Gasteiger partial charge on any atom is 0.227 e. The Labute approximate surface area is 210 Å². The maximum absolute atomic E-state index is 15.0. The molecule has 190 valence electrons. The topological polar surface area (TPSA) is 92.6 Å². The van der Waals surface area contributed by atoms with Crippen LogP contribution in [0.2, 0.25) is 0 Å². The zero-order valence-electron chi connectivity index (χ0n) is 20.9. The summed E-state index contributed by atoms with van der Waals surface area (Å²) in [4.78, 5) is 15.8. The van der Waals surface area contributed by atoms with Crippen molar-refractivity contribution in [1.29, 1.82) is 0 Å². The summed E-state index contributed by atoms with van der Waals surface area (Å²) < 4.78 is 26.4. The number of anilines is 2. The van der Waals surface area contributed by atoms with Crippen LogP contribution in [0.15, 0.2) is 36.7 Å². The molecule has 1 unspecified atom stereocenters. The van der Waals surface area contributed by atoms with E-state index in [4.69, 9.17) is 9.47 Å². The largest absolute Gasteiger partial charge is 0.494 e. The number of hydrogen-bond donors (Lipinski definition) is 2. The van der Waals surface area contributed by atoms with Gasteiger partial charge in [-0.2, -0.15) is 0 Å². The van der Waals surface area contributed by atoms with Crippen molar-refractivity contribution in [2.75, 3.05) is 39.2 Å². The molecule has 0 saturated carbocycles. The van der Waals surface area contributed by atoms with Crippen LogP contribution in [0.3, 0.4) is 0 Å². The van der Waals surface area contributed by atoms with Gasteiger partial charge in [-0.1, -0.05) is 6.92 Å². The monoisotopic (exact) mass is 493 g/mol. The summed E-state index contributed by atoms with van der Waals surface area (Å²) in [5.74, 6) is 0.447. The molecule has 2 N–H and O–H groups in total. The second-order valence-corrected chi connectivity index (χ2v) is 9.93. The van der Waals surface area contributed by atoms with Gasteiger partial charge in [-0.25, -0.2) is 14.4 Å². The third kappa shape index (κ3) is 4.85. The third-order valence-corrected chi connectivity index (χ3v) is 7.29. The summed E-state index contributed by atoms with van der Waals surface area (Å²) in [6.45, 7) is 3.98.